The molecule has 0 saturated carbocycles. The topological polar surface area (TPSA) is 52.1 Å². The minimum absolute atomic E-state index is 0.272. The third-order valence-corrected chi connectivity index (χ3v) is 4.78. The minimum Gasteiger partial charge on any atom is -0.461 e. The second-order valence-corrected chi connectivity index (χ2v) is 6.78. The fourth-order valence-electron chi connectivity index (χ4n) is 2.82. The molecule has 0 fully saturated rings. The Morgan fingerprint density at radius 1 is 0.815 bits per heavy atom. The first-order valence-corrected chi connectivity index (χ1v) is 9.10. The maximum absolute atomic E-state index is 12.3. The fraction of sp³-hybridized carbons (Fsp3) is 0.261. The maximum Gasteiger partial charge on any atom is 0.357 e. The quantitative estimate of drug-likeness (QED) is 0.599. The number of hydrogen-bond acceptors (Lipinski definition) is 4. The molecule has 4 heteroatoms. The minimum atomic E-state index is -0.435. The van der Waals surface area contributed by atoms with Gasteiger partial charge in [-0.15, -0.1) is 0 Å². The molecule has 0 saturated heterocycles. The summed E-state index contributed by atoms with van der Waals surface area (Å²) in [4.78, 5) is 21.6. The Balaban J connectivity index is 2.17. The molecule has 1 heterocycles. The highest BCUT2D eigenvalue weighted by Gasteiger charge is 2.15. The van der Waals surface area contributed by atoms with Crippen LogP contribution in [0, 0.1) is 27.7 Å². The highest BCUT2D eigenvalue weighted by Crippen LogP contribution is 2.25. The van der Waals surface area contributed by atoms with Gasteiger partial charge in [-0.25, -0.2) is 14.8 Å². The molecule has 2 aromatic carbocycles. The molecule has 0 aliphatic rings. The Kier molecular flexibility index (Phi) is 5.36. The number of hydrogen-bond donors (Lipinski definition) is 0. The fourth-order valence-corrected chi connectivity index (χ4v) is 2.82. The molecule has 0 unspecified atom stereocenters. The van der Waals surface area contributed by atoms with Crippen LogP contribution in [0.2, 0.25) is 0 Å². The van der Waals surface area contributed by atoms with Gasteiger partial charge in [0.25, 0.3) is 0 Å². The van der Waals surface area contributed by atoms with Crippen molar-refractivity contribution in [3.05, 3.63) is 70.4 Å². The van der Waals surface area contributed by atoms with Gasteiger partial charge in [-0.3, -0.25) is 0 Å². The molecule has 0 N–H and O–H groups in total. The van der Waals surface area contributed by atoms with Crippen LogP contribution >= 0.6 is 0 Å². The lowest BCUT2D eigenvalue weighted by Gasteiger charge is -2.10. The van der Waals surface area contributed by atoms with E-state index in [2.05, 4.69) is 44.8 Å². The zero-order valence-electron chi connectivity index (χ0n) is 16.5. The first kappa shape index (κ1) is 18.8. The number of carbonyl (C=O) groups is 1. The van der Waals surface area contributed by atoms with Gasteiger partial charge in [0.15, 0.2) is 11.5 Å². The Morgan fingerprint density at radius 2 is 1.41 bits per heavy atom. The maximum atomic E-state index is 12.3. The lowest BCUT2D eigenvalue weighted by atomic mass is 10.0. The molecule has 27 heavy (non-hydrogen) atoms. The first-order chi connectivity index (χ1) is 12.9. The number of carbonyl (C=O) groups excluding carboxylic acids is 1. The van der Waals surface area contributed by atoms with Crippen LogP contribution in [0.4, 0.5) is 0 Å². The standard InChI is InChI=1S/C23H24N2O2/c1-6-27-23(26)21-13-20(18-9-7-14(2)16(4)11-18)24-22(25-21)19-10-8-15(3)17(5)12-19/h7-13H,6H2,1-5H3. The number of nitrogens with zero attached hydrogens (tertiary/aromatic N) is 2. The van der Waals surface area contributed by atoms with E-state index < -0.39 is 5.97 Å². The zero-order chi connectivity index (χ0) is 19.6. The van der Waals surface area contributed by atoms with Crippen molar-refractivity contribution in [3.63, 3.8) is 0 Å². The van der Waals surface area contributed by atoms with Crippen molar-refractivity contribution in [1.29, 1.82) is 0 Å². The highest BCUT2D eigenvalue weighted by atomic mass is 16.5. The number of benzene rings is 2. The zero-order valence-corrected chi connectivity index (χ0v) is 16.5. The van der Waals surface area contributed by atoms with Crippen LogP contribution < -0.4 is 0 Å². The average molecular weight is 360 g/mol. The second-order valence-electron chi connectivity index (χ2n) is 6.78. The monoisotopic (exact) mass is 360 g/mol. The number of esters is 1. The predicted octanol–water partition coefficient (Wildman–Crippen LogP) is 5.22. The second kappa shape index (κ2) is 7.70. The first-order valence-electron chi connectivity index (χ1n) is 9.10. The van der Waals surface area contributed by atoms with Gasteiger partial charge in [0.2, 0.25) is 0 Å². The van der Waals surface area contributed by atoms with Crippen LogP contribution in [0.1, 0.15) is 39.7 Å². The van der Waals surface area contributed by atoms with Crippen LogP contribution in [-0.2, 0) is 4.74 Å². The van der Waals surface area contributed by atoms with Crippen molar-refractivity contribution in [2.45, 2.75) is 34.6 Å². The highest BCUT2D eigenvalue weighted by molar-refractivity contribution is 5.89. The van der Waals surface area contributed by atoms with Gasteiger partial charge in [-0.1, -0.05) is 24.3 Å². The SMILES string of the molecule is CCOC(=O)c1cc(-c2ccc(C)c(C)c2)nc(-c2ccc(C)c(C)c2)n1. The van der Waals surface area contributed by atoms with Crippen LogP contribution in [0.3, 0.4) is 0 Å². The molecule has 4 nitrogen and oxygen atoms in total. The lowest BCUT2D eigenvalue weighted by Crippen LogP contribution is -2.09. The molecule has 0 aliphatic heterocycles. The van der Waals surface area contributed by atoms with E-state index >= 15 is 0 Å². The summed E-state index contributed by atoms with van der Waals surface area (Å²) < 4.78 is 5.17. The van der Waals surface area contributed by atoms with Crippen LogP contribution in [0.5, 0.6) is 0 Å². The normalized spacial score (nSPS) is 10.7. The third kappa shape index (κ3) is 4.05. The van der Waals surface area contributed by atoms with Gasteiger partial charge in [-0.05, 0) is 75.1 Å². The van der Waals surface area contributed by atoms with Crippen molar-refractivity contribution >= 4 is 5.97 Å². The molecule has 0 spiro atoms. The molecule has 0 radical (unpaired) electrons. The van der Waals surface area contributed by atoms with E-state index in [1.807, 2.05) is 24.3 Å². The molecule has 0 amide bonds. The molecule has 0 aliphatic carbocycles. The van der Waals surface area contributed by atoms with E-state index in [-0.39, 0.29) is 5.69 Å². The summed E-state index contributed by atoms with van der Waals surface area (Å²) in [7, 11) is 0. The molecular weight excluding hydrogens is 336 g/mol. The number of ether oxygens (including phenoxy) is 1. The number of aromatic nitrogens is 2. The van der Waals surface area contributed by atoms with Gasteiger partial charge >= 0.3 is 5.97 Å². The lowest BCUT2D eigenvalue weighted by molar-refractivity contribution is 0.0519. The molecular formula is C23H24N2O2. The van der Waals surface area contributed by atoms with Gasteiger partial charge < -0.3 is 4.74 Å². The van der Waals surface area contributed by atoms with Crippen molar-refractivity contribution in [2.24, 2.45) is 0 Å². The summed E-state index contributed by atoms with van der Waals surface area (Å²) in [6.07, 6.45) is 0. The van der Waals surface area contributed by atoms with E-state index in [0.29, 0.717) is 18.1 Å². The number of rotatable bonds is 4. The van der Waals surface area contributed by atoms with E-state index in [9.17, 15) is 4.79 Å². The summed E-state index contributed by atoms with van der Waals surface area (Å²) in [5.74, 6) is 0.0898. The van der Waals surface area contributed by atoms with Crippen molar-refractivity contribution in [3.8, 4) is 22.6 Å². The Morgan fingerprint density at radius 3 is 2.00 bits per heavy atom. The molecule has 3 aromatic rings. The Hall–Kier alpha value is -3.01. The molecule has 1 aromatic heterocycles. The summed E-state index contributed by atoms with van der Waals surface area (Å²) in [5, 5.41) is 0. The van der Waals surface area contributed by atoms with E-state index in [0.717, 1.165) is 16.7 Å². The van der Waals surface area contributed by atoms with Crippen LogP contribution in [0.15, 0.2) is 42.5 Å². The summed E-state index contributed by atoms with van der Waals surface area (Å²) in [5.41, 5.74) is 7.58. The van der Waals surface area contributed by atoms with Crippen LogP contribution in [-0.4, -0.2) is 22.5 Å². The smallest absolute Gasteiger partial charge is 0.357 e. The summed E-state index contributed by atoms with van der Waals surface area (Å²) >= 11 is 0. The molecule has 138 valence electrons. The van der Waals surface area contributed by atoms with E-state index in [4.69, 9.17) is 9.72 Å². The molecule has 3 rings (SSSR count). The van der Waals surface area contributed by atoms with E-state index in [1.165, 1.54) is 16.7 Å². The third-order valence-electron chi connectivity index (χ3n) is 4.78. The number of aryl methyl sites for hydroxylation is 4. The van der Waals surface area contributed by atoms with Gasteiger partial charge in [0.1, 0.15) is 0 Å². The van der Waals surface area contributed by atoms with Gasteiger partial charge in [0, 0.05) is 11.1 Å². The Bertz CT molecular complexity index is 940. The Labute approximate surface area is 160 Å². The van der Waals surface area contributed by atoms with Crippen molar-refractivity contribution in [1.82, 2.24) is 9.97 Å². The van der Waals surface area contributed by atoms with Gasteiger partial charge in [-0.2, -0.15) is 0 Å². The molecule has 0 bridgehead atoms. The van der Waals surface area contributed by atoms with Crippen molar-refractivity contribution < 1.29 is 9.53 Å². The van der Waals surface area contributed by atoms with E-state index in [1.54, 1.807) is 13.0 Å². The van der Waals surface area contributed by atoms with Crippen molar-refractivity contribution in [2.75, 3.05) is 6.61 Å². The summed E-state index contributed by atoms with van der Waals surface area (Å²) in [6.45, 7) is 10.3. The predicted molar refractivity (Wildman–Crippen MR) is 108 cm³/mol. The average Bonchev–Trinajstić information content (AvgIpc) is 2.66. The molecule has 0 atom stereocenters. The largest absolute Gasteiger partial charge is 0.461 e. The van der Waals surface area contributed by atoms with Gasteiger partial charge in [0.05, 0.1) is 12.3 Å². The summed E-state index contributed by atoms with van der Waals surface area (Å²) in [6, 6.07) is 13.9. The van der Waals surface area contributed by atoms with Crippen LogP contribution in [0.25, 0.3) is 22.6 Å².